The van der Waals surface area contributed by atoms with Gasteiger partial charge >= 0.3 is 0 Å². The van der Waals surface area contributed by atoms with E-state index in [0.717, 1.165) is 27.7 Å². The van der Waals surface area contributed by atoms with Gasteiger partial charge in [-0.25, -0.2) is 0 Å². The quantitative estimate of drug-likeness (QED) is 0.680. The van der Waals surface area contributed by atoms with Crippen molar-refractivity contribution in [2.75, 3.05) is 0 Å². The van der Waals surface area contributed by atoms with Crippen LogP contribution in [0.3, 0.4) is 0 Å². The molecule has 0 aromatic carbocycles. The van der Waals surface area contributed by atoms with Crippen LogP contribution in [-0.4, -0.2) is 15.0 Å². The fourth-order valence-corrected chi connectivity index (χ4v) is 2.65. The van der Waals surface area contributed by atoms with Crippen molar-refractivity contribution in [2.45, 2.75) is 5.33 Å². The van der Waals surface area contributed by atoms with E-state index in [0.29, 0.717) is 0 Å². The van der Waals surface area contributed by atoms with Crippen LogP contribution < -0.4 is 0 Å². The largest absolute Gasteiger partial charge is 0.265 e. The lowest BCUT2D eigenvalue weighted by molar-refractivity contribution is 1.25. The molecule has 0 saturated heterocycles. The van der Waals surface area contributed by atoms with Crippen LogP contribution in [0.25, 0.3) is 22.4 Å². The molecule has 3 nitrogen and oxygen atoms in total. The highest BCUT2D eigenvalue weighted by atomic mass is 79.9. The zero-order chi connectivity index (χ0) is 13.8. The van der Waals surface area contributed by atoms with Crippen molar-refractivity contribution in [1.29, 1.82) is 0 Å². The van der Waals surface area contributed by atoms with Crippen LogP contribution in [-0.2, 0) is 5.33 Å². The predicted octanol–water partition coefficient (Wildman–Crippen LogP) is 4.10. The van der Waals surface area contributed by atoms with E-state index in [9.17, 15) is 0 Å². The summed E-state index contributed by atoms with van der Waals surface area (Å²) < 4.78 is 0. The fraction of sp³-hybridized carbons (Fsp3) is 0.0625. The van der Waals surface area contributed by atoms with Crippen LogP contribution in [0.5, 0.6) is 0 Å². The van der Waals surface area contributed by atoms with E-state index in [4.69, 9.17) is 0 Å². The first-order valence-corrected chi connectivity index (χ1v) is 7.37. The second-order valence-corrected chi connectivity index (χ2v) is 4.86. The van der Waals surface area contributed by atoms with Crippen molar-refractivity contribution in [1.82, 2.24) is 15.0 Å². The summed E-state index contributed by atoms with van der Waals surface area (Å²) >= 11 is 3.56. The fourth-order valence-electron chi connectivity index (χ4n) is 2.18. The monoisotopic (exact) mass is 325 g/mol. The molecular formula is C16H12BrN3. The molecule has 0 radical (unpaired) electrons. The van der Waals surface area contributed by atoms with E-state index in [2.05, 4.69) is 30.9 Å². The van der Waals surface area contributed by atoms with Gasteiger partial charge in [-0.3, -0.25) is 15.0 Å². The molecule has 0 amide bonds. The Morgan fingerprint density at radius 2 is 1.35 bits per heavy atom. The number of nitrogens with zero attached hydrogens (tertiary/aromatic N) is 3. The predicted molar refractivity (Wildman–Crippen MR) is 83.3 cm³/mol. The number of aromatic nitrogens is 3. The summed E-state index contributed by atoms with van der Waals surface area (Å²) in [6.45, 7) is 0. The third-order valence-electron chi connectivity index (χ3n) is 3.10. The molecule has 98 valence electrons. The first-order valence-electron chi connectivity index (χ1n) is 6.25. The number of hydrogen-bond acceptors (Lipinski definition) is 3. The summed E-state index contributed by atoms with van der Waals surface area (Å²) in [7, 11) is 0. The Balaban J connectivity index is 2.26. The average Bonchev–Trinajstić information content (AvgIpc) is 2.55. The number of halogens is 1. The van der Waals surface area contributed by atoms with Crippen molar-refractivity contribution in [3.63, 3.8) is 0 Å². The van der Waals surface area contributed by atoms with Gasteiger partial charge in [-0.15, -0.1) is 0 Å². The summed E-state index contributed by atoms with van der Waals surface area (Å²) in [6.07, 6.45) is 9.02. The van der Waals surface area contributed by atoms with Gasteiger partial charge < -0.3 is 0 Å². The minimum atomic E-state index is 0.783. The molecule has 4 heteroatoms. The summed E-state index contributed by atoms with van der Waals surface area (Å²) in [5.74, 6) is 0. The van der Waals surface area contributed by atoms with Gasteiger partial charge in [0.25, 0.3) is 0 Å². The van der Waals surface area contributed by atoms with Gasteiger partial charge in [0.15, 0.2) is 0 Å². The van der Waals surface area contributed by atoms with Crippen LogP contribution in [0.2, 0.25) is 0 Å². The standard InChI is InChI=1S/C16H12BrN3/c17-11-14-5-10-20-16(13-3-8-19-9-4-13)15(14)12-1-6-18-7-2-12/h1-10H,11H2. The maximum atomic E-state index is 4.56. The van der Waals surface area contributed by atoms with Gasteiger partial charge in [0.2, 0.25) is 0 Å². The average molecular weight is 326 g/mol. The van der Waals surface area contributed by atoms with Crippen molar-refractivity contribution in [3.8, 4) is 22.4 Å². The summed E-state index contributed by atoms with van der Waals surface area (Å²) in [4.78, 5) is 12.7. The Kier molecular flexibility index (Phi) is 3.83. The molecule has 0 saturated carbocycles. The third-order valence-corrected chi connectivity index (χ3v) is 3.71. The molecule has 3 aromatic heterocycles. The van der Waals surface area contributed by atoms with Crippen LogP contribution in [0, 0.1) is 0 Å². The molecule has 0 bridgehead atoms. The highest BCUT2D eigenvalue weighted by Gasteiger charge is 2.12. The van der Waals surface area contributed by atoms with Crippen molar-refractivity contribution < 1.29 is 0 Å². The molecule has 0 aliphatic rings. The number of hydrogen-bond donors (Lipinski definition) is 0. The van der Waals surface area contributed by atoms with Gasteiger partial charge in [-0.05, 0) is 41.5 Å². The first-order chi connectivity index (χ1) is 9.90. The van der Waals surface area contributed by atoms with E-state index in [1.165, 1.54) is 5.56 Å². The van der Waals surface area contributed by atoms with Gasteiger partial charge in [0.1, 0.15) is 0 Å². The SMILES string of the molecule is BrCc1ccnc(-c2ccncc2)c1-c1ccncc1. The number of alkyl halides is 1. The Hall–Kier alpha value is -2.07. The first kappa shape index (κ1) is 12.9. The van der Waals surface area contributed by atoms with Crippen LogP contribution in [0.15, 0.2) is 61.3 Å². The Bertz CT molecular complexity index is 699. The lowest BCUT2D eigenvalue weighted by Gasteiger charge is -2.13. The second kappa shape index (κ2) is 5.92. The van der Waals surface area contributed by atoms with E-state index < -0.39 is 0 Å². The van der Waals surface area contributed by atoms with Gasteiger partial charge in [0, 0.05) is 47.4 Å². The number of pyridine rings is 3. The van der Waals surface area contributed by atoms with Gasteiger partial charge in [-0.2, -0.15) is 0 Å². The summed E-state index contributed by atoms with van der Waals surface area (Å²) in [5.41, 5.74) is 5.50. The molecule has 0 atom stereocenters. The van der Waals surface area contributed by atoms with Crippen molar-refractivity contribution in [3.05, 3.63) is 66.9 Å². The van der Waals surface area contributed by atoms with E-state index in [1.54, 1.807) is 24.8 Å². The van der Waals surface area contributed by atoms with Gasteiger partial charge in [-0.1, -0.05) is 15.9 Å². The minimum absolute atomic E-state index is 0.783. The molecule has 0 aliphatic heterocycles. The number of rotatable bonds is 3. The molecule has 0 fully saturated rings. The maximum absolute atomic E-state index is 4.56. The van der Waals surface area contributed by atoms with E-state index in [1.807, 2.05) is 36.5 Å². The van der Waals surface area contributed by atoms with Gasteiger partial charge in [0.05, 0.1) is 5.69 Å². The zero-order valence-corrected chi connectivity index (χ0v) is 12.3. The highest BCUT2D eigenvalue weighted by molar-refractivity contribution is 9.08. The Labute approximate surface area is 125 Å². The lowest BCUT2D eigenvalue weighted by Crippen LogP contribution is -1.94. The zero-order valence-electron chi connectivity index (χ0n) is 10.7. The minimum Gasteiger partial charge on any atom is -0.265 e. The topological polar surface area (TPSA) is 38.7 Å². The van der Waals surface area contributed by atoms with Crippen LogP contribution in [0.1, 0.15) is 5.56 Å². The third kappa shape index (κ3) is 2.47. The molecule has 0 N–H and O–H groups in total. The smallest absolute Gasteiger partial charge is 0.0784 e. The molecule has 3 heterocycles. The molecule has 0 aliphatic carbocycles. The van der Waals surface area contributed by atoms with Crippen LogP contribution >= 0.6 is 15.9 Å². The maximum Gasteiger partial charge on any atom is 0.0784 e. The lowest BCUT2D eigenvalue weighted by atomic mass is 9.97. The Morgan fingerprint density at radius 1 is 0.750 bits per heavy atom. The highest BCUT2D eigenvalue weighted by Crippen LogP contribution is 2.33. The molecule has 20 heavy (non-hydrogen) atoms. The van der Waals surface area contributed by atoms with Crippen molar-refractivity contribution in [2.24, 2.45) is 0 Å². The molecule has 0 unspecified atom stereocenters. The normalized spacial score (nSPS) is 10.4. The molecule has 3 rings (SSSR count). The van der Waals surface area contributed by atoms with E-state index >= 15 is 0 Å². The molecule has 3 aromatic rings. The molecule has 0 spiro atoms. The second-order valence-electron chi connectivity index (χ2n) is 4.30. The summed E-state index contributed by atoms with van der Waals surface area (Å²) in [5, 5.41) is 0.783. The molecular weight excluding hydrogens is 314 g/mol. The van der Waals surface area contributed by atoms with Crippen molar-refractivity contribution >= 4 is 15.9 Å². The van der Waals surface area contributed by atoms with E-state index in [-0.39, 0.29) is 0 Å². The summed E-state index contributed by atoms with van der Waals surface area (Å²) in [6, 6.07) is 10.0. The van der Waals surface area contributed by atoms with Crippen LogP contribution in [0.4, 0.5) is 0 Å². The Morgan fingerprint density at radius 3 is 1.95 bits per heavy atom.